The fraction of sp³-hybridized carbons (Fsp3) is 0.791. The standard InChI is InChI=1S/C16H32N2O6.C15H20O8.C12H23NO8/c1-17-9-7-5-6-8-10-18(2)15(21)14-13(22-3)11(19)12(20)16(23-4)24-14;1-20-12-10(17)11(18)15(21-2)23-13(12)14(19)22-7-8-3-5-9(16)6-4-8;1-18-9-7(15)8(16)12(19-2)21-10(9)11(17)13-3-5-20-6-4-14/h11-14,16-17,19-20H,5-10H2,1-4H3;3-6,10-13,15-18H,7H2,1-2H3;7-10,12,14-16H,3-6H2,1-2H3,(H,13,17)/t11-,12+,13+,14?,16-;10-,11+,12+,13?,15-;7-,8+,9+,10?,12-/m111/s1. The molecule has 2 amide bonds. The van der Waals surface area contributed by atoms with Crippen LogP contribution in [-0.2, 0) is 73.1 Å². The van der Waals surface area contributed by atoms with Crippen LogP contribution in [-0.4, -0.2) is 252 Å². The second-order valence-corrected chi connectivity index (χ2v) is 15.7. The van der Waals surface area contributed by atoms with E-state index < -0.39 is 104 Å². The maximum atomic E-state index is 12.6. The third-order valence-corrected chi connectivity index (χ3v) is 11.0. The summed E-state index contributed by atoms with van der Waals surface area (Å²) in [4.78, 5) is 38.4. The van der Waals surface area contributed by atoms with Gasteiger partial charge >= 0.3 is 5.97 Å². The number of ether oxygens (including phenoxy) is 11. The molecule has 0 aromatic heterocycles. The number of esters is 1. The zero-order chi connectivity index (χ0) is 50.9. The Bertz CT molecular complexity index is 1550. The van der Waals surface area contributed by atoms with Crippen LogP contribution in [0.5, 0.6) is 5.75 Å². The molecule has 3 fully saturated rings. The van der Waals surface area contributed by atoms with Crippen molar-refractivity contribution in [3.05, 3.63) is 29.8 Å². The number of nitrogens with one attached hydrogen (secondary N) is 2. The van der Waals surface area contributed by atoms with E-state index in [1.807, 2.05) is 7.05 Å². The number of methoxy groups -OCH3 is 6. The van der Waals surface area contributed by atoms with E-state index in [-0.39, 0.29) is 44.6 Å². The number of aromatic hydroxyl groups is 1. The Balaban J connectivity index is 0.000000351. The van der Waals surface area contributed by atoms with Gasteiger partial charge in [-0.25, -0.2) is 4.79 Å². The minimum absolute atomic E-state index is 0.0360. The first kappa shape index (κ1) is 60.8. The number of unbranched alkanes of at least 4 members (excludes halogenated alkanes) is 3. The van der Waals surface area contributed by atoms with E-state index in [0.29, 0.717) is 12.1 Å². The fourth-order valence-corrected chi connectivity index (χ4v) is 7.16. The zero-order valence-electron chi connectivity index (χ0n) is 40.0. The van der Waals surface area contributed by atoms with Crippen LogP contribution in [0.3, 0.4) is 0 Å². The average molecular weight is 986 g/mol. The molecule has 25 nitrogen and oxygen atoms in total. The third kappa shape index (κ3) is 18.1. The molecule has 3 aliphatic rings. The van der Waals surface area contributed by atoms with Crippen molar-refractivity contribution in [2.45, 2.75) is 124 Å². The Morgan fingerprint density at radius 2 is 1.09 bits per heavy atom. The molecule has 10 N–H and O–H groups in total. The van der Waals surface area contributed by atoms with Crippen molar-refractivity contribution in [1.82, 2.24) is 15.5 Å². The summed E-state index contributed by atoms with van der Waals surface area (Å²) in [7, 11) is 11.5. The Hall–Kier alpha value is -3.29. The molecule has 3 unspecified atom stereocenters. The number of phenols is 1. The van der Waals surface area contributed by atoms with E-state index in [1.165, 1.54) is 54.8 Å². The van der Waals surface area contributed by atoms with Gasteiger partial charge in [0, 0.05) is 62.8 Å². The van der Waals surface area contributed by atoms with Gasteiger partial charge in [-0.2, -0.15) is 0 Å². The number of aliphatic hydroxyl groups is 7. The van der Waals surface area contributed by atoms with Gasteiger partial charge in [-0.3, -0.25) is 9.59 Å². The molecule has 3 heterocycles. The number of benzene rings is 1. The van der Waals surface area contributed by atoms with Crippen LogP contribution in [0.25, 0.3) is 0 Å². The number of rotatable bonds is 23. The number of likely N-dealkylation sites (N-methyl/N-ethyl adjacent to an activating group) is 1. The van der Waals surface area contributed by atoms with E-state index in [4.69, 9.17) is 57.2 Å². The molecule has 0 spiro atoms. The van der Waals surface area contributed by atoms with Gasteiger partial charge in [0.15, 0.2) is 37.2 Å². The Morgan fingerprint density at radius 1 is 0.618 bits per heavy atom. The molecule has 0 aliphatic carbocycles. The molecule has 394 valence electrons. The molecule has 4 rings (SSSR count). The quantitative estimate of drug-likeness (QED) is 0.0370. The van der Waals surface area contributed by atoms with Gasteiger partial charge in [-0.05, 0) is 44.1 Å². The molecule has 0 radical (unpaired) electrons. The monoisotopic (exact) mass is 985 g/mol. The Morgan fingerprint density at radius 3 is 1.57 bits per heavy atom. The normalized spacial score (nSPS) is 31.3. The van der Waals surface area contributed by atoms with Crippen LogP contribution in [0.2, 0.25) is 0 Å². The zero-order valence-corrected chi connectivity index (χ0v) is 40.0. The van der Waals surface area contributed by atoms with Crippen molar-refractivity contribution in [3.8, 4) is 5.75 Å². The molecule has 15 atom stereocenters. The SMILES string of the molecule is CNCCCCCCN(C)C(=O)C1O[C@@H](OC)[C@@H](O)[C@@H](O)[C@@H]1OC.CO[C@@H]1OC(C(=O)NCCOCCO)[C@@H](OC)[C@H](O)[C@@H]1O.CO[C@@H]1OC(C(=O)OCc2ccc(O)cc2)[C@@H](OC)[C@H](O)[C@@H]1O. The first-order valence-electron chi connectivity index (χ1n) is 22.0. The molecule has 0 bridgehead atoms. The van der Waals surface area contributed by atoms with Gasteiger partial charge < -0.3 is 108 Å². The van der Waals surface area contributed by atoms with Gasteiger partial charge in [0.05, 0.1) is 19.8 Å². The Kier molecular flexibility index (Phi) is 29.1. The summed E-state index contributed by atoms with van der Waals surface area (Å²) < 4.78 is 56.3. The van der Waals surface area contributed by atoms with Crippen molar-refractivity contribution in [1.29, 1.82) is 0 Å². The van der Waals surface area contributed by atoms with Gasteiger partial charge in [0.1, 0.15) is 67.3 Å². The summed E-state index contributed by atoms with van der Waals surface area (Å²) in [5.74, 6) is -1.44. The highest BCUT2D eigenvalue weighted by atomic mass is 16.7. The van der Waals surface area contributed by atoms with Gasteiger partial charge in [-0.15, -0.1) is 0 Å². The average Bonchev–Trinajstić information content (AvgIpc) is 3.34. The molecule has 68 heavy (non-hydrogen) atoms. The van der Waals surface area contributed by atoms with Crippen LogP contribution < -0.4 is 10.6 Å². The first-order valence-corrected chi connectivity index (χ1v) is 22.0. The molecular weight excluding hydrogens is 910 g/mol. The van der Waals surface area contributed by atoms with Crippen LogP contribution in [0.1, 0.15) is 31.2 Å². The number of carbonyl (C=O) groups is 3. The predicted octanol–water partition coefficient (Wildman–Crippen LogP) is -3.90. The van der Waals surface area contributed by atoms with E-state index >= 15 is 0 Å². The van der Waals surface area contributed by atoms with Crippen molar-refractivity contribution < 1.29 is 107 Å². The highest BCUT2D eigenvalue weighted by Gasteiger charge is 2.51. The molecule has 3 aliphatic heterocycles. The summed E-state index contributed by atoms with van der Waals surface area (Å²) in [6, 6.07) is 6.15. The Labute approximate surface area is 396 Å². The summed E-state index contributed by atoms with van der Waals surface area (Å²) in [5.41, 5.74) is 0.671. The number of carbonyl (C=O) groups excluding carboxylic acids is 3. The lowest BCUT2D eigenvalue weighted by Gasteiger charge is -2.41. The molecule has 1 aromatic rings. The van der Waals surface area contributed by atoms with Crippen LogP contribution >= 0.6 is 0 Å². The molecule has 25 heteroatoms. The molecular formula is C43H75N3O22. The van der Waals surface area contributed by atoms with Crippen molar-refractivity contribution in [2.75, 3.05) is 96.2 Å². The highest BCUT2D eigenvalue weighted by Crippen LogP contribution is 2.27. The largest absolute Gasteiger partial charge is 0.508 e. The molecule has 3 saturated heterocycles. The maximum absolute atomic E-state index is 12.6. The van der Waals surface area contributed by atoms with E-state index in [2.05, 4.69) is 10.6 Å². The van der Waals surface area contributed by atoms with Crippen LogP contribution in [0, 0.1) is 0 Å². The minimum atomic E-state index is -1.36. The lowest BCUT2D eigenvalue weighted by molar-refractivity contribution is -0.292. The number of nitrogens with zero attached hydrogens (tertiary/aromatic N) is 1. The van der Waals surface area contributed by atoms with E-state index in [1.54, 1.807) is 24.1 Å². The van der Waals surface area contributed by atoms with Gasteiger partial charge in [0.2, 0.25) is 0 Å². The smallest absolute Gasteiger partial charge is 0.338 e. The second kappa shape index (κ2) is 32.6. The van der Waals surface area contributed by atoms with Crippen molar-refractivity contribution >= 4 is 17.8 Å². The predicted molar refractivity (Wildman–Crippen MR) is 234 cm³/mol. The number of phenolic OH excluding ortho intramolecular Hbond substituents is 1. The van der Waals surface area contributed by atoms with Gasteiger partial charge in [-0.1, -0.05) is 25.0 Å². The minimum Gasteiger partial charge on any atom is -0.508 e. The number of aliphatic hydroxyl groups excluding tert-OH is 7. The highest BCUT2D eigenvalue weighted by molar-refractivity contribution is 5.82. The van der Waals surface area contributed by atoms with E-state index in [0.717, 1.165) is 32.2 Å². The summed E-state index contributed by atoms with van der Waals surface area (Å²) in [6.45, 7) is 2.11. The number of hydrogen-bond acceptors (Lipinski definition) is 23. The van der Waals surface area contributed by atoms with Crippen LogP contribution in [0.15, 0.2) is 24.3 Å². The topological polar surface area (TPSA) is 342 Å². The number of amides is 2. The second-order valence-electron chi connectivity index (χ2n) is 15.7. The fourth-order valence-electron chi connectivity index (χ4n) is 7.16. The lowest BCUT2D eigenvalue weighted by atomic mass is 9.97. The summed E-state index contributed by atoms with van der Waals surface area (Å²) >= 11 is 0. The lowest BCUT2D eigenvalue weighted by Crippen LogP contribution is -2.62. The van der Waals surface area contributed by atoms with Crippen LogP contribution in [0.4, 0.5) is 0 Å². The first-order chi connectivity index (χ1) is 32.5. The molecule has 1 aromatic carbocycles. The maximum Gasteiger partial charge on any atom is 0.338 e. The number of hydrogen-bond donors (Lipinski definition) is 10. The van der Waals surface area contributed by atoms with E-state index in [9.17, 15) is 50.1 Å². The summed E-state index contributed by atoms with van der Waals surface area (Å²) in [6.07, 6.45) is -13.4. The van der Waals surface area contributed by atoms with Crippen molar-refractivity contribution in [2.24, 2.45) is 0 Å². The van der Waals surface area contributed by atoms with Crippen molar-refractivity contribution in [3.63, 3.8) is 0 Å². The molecule has 0 saturated carbocycles. The van der Waals surface area contributed by atoms with Gasteiger partial charge in [0.25, 0.3) is 11.8 Å². The summed E-state index contributed by atoms with van der Waals surface area (Å²) in [5, 5.41) is 83.0. The third-order valence-electron chi connectivity index (χ3n) is 11.0.